The SMILES string of the molecule is NC1=NC2=NC=NC2C(SC(c2ccccc2)c2ccccc2)=C1. The molecule has 0 radical (unpaired) electrons. The minimum atomic E-state index is -0.128. The fourth-order valence-electron chi connectivity index (χ4n) is 2.80. The van der Waals surface area contributed by atoms with Crippen molar-refractivity contribution >= 4 is 29.8 Å². The van der Waals surface area contributed by atoms with E-state index in [-0.39, 0.29) is 11.3 Å². The Bertz CT molecular complexity index is 814. The number of rotatable bonds is 4. The molecule has 2 heterocycles. The molecular formula is C19H16N4S. The Morgan fingerprint density at radius 2 is 1.54 bits per heavy atom. The second-order valence-corrected chi connectivity index (χ2v) is 6.74. The smallest absolute Gasteiger partial charge is 0.162 e. The number of nitrogens with two attached hydrogens (primary N) is 1. The predicted octanol–water partition coefficient (Wildman–Crippen LogP) is 3.57. The Morgan fingerprint density at radius 1 is 0.917 bits per heavy atom. The highest BCUT2D eigenvalue weighted by Gasteiger charge is 2.29. The van der Waals surface area contributed by atoms with Crippen molar-refractivity contribution in [2.24, 2.45) is 20.7 Å². The fourth-order valence-corrected chi connectivity index (χ4v) is 4.14. The Hall–Kier alpha value is -2.66. The van der Waals surface area contributed by atoms with Gasteiger partial charge in [0.05, 0.1) is 5.25 Å². The van der Waals surface area contributed by atoms with E-state index >= 15 is 0 Å². The molecular weight excluding hydrogens is 316 g/mol. The van der Waals surface area contributed by atoms with Crippen LogP contribution in [0, 0.1) is 0 Å². The molecule has 4 nitrogen and oxygen atoms in total. The first kappa shape index (κ1) is 14.9. The highest BCUT2D eigenvalue weighted by atomic mass is 32.2. The zero-order valence-corrected chi connectivity index (χ0v) is 13.7. The minimum Gasteiger partial charge on any atom is -0.384 e. The number of hydrogen-bond donors (Lipinski definition) is 1. The van der Waals surface area contributed by atoms with Gasteiger partial charge in [0.1, 0.15) is 18.2 Å². The van der Waals surface area contributed by atoms with Crippen LogP contribution in [0.4, 0.5) is 0 Å². The third-order valence-corrected chi connectivity index (χ3v) is 5.31. The molecule has 1 atom stereocenters. The maximum absolute atomic E-state index is 5.96. The van der Waals surface area contributed by atoms with Gasteiger partial charge in [0.2, 0.25) is 0 Å². The van der Waals surface area contributed by atoms with Crippen LogP contribution in [0.15, 0.2) is 86.6 Å². The molecule has 24 heavy (non-hydrogen) atoms. The van der Waals surface area contributed by atoms with Crippen LogP contribution in [0.1, 0.15) is 16.4 Å². The summed E-state index contributed by atoms with van der Waals surface area (Å²) in [7, 11) is 0. The third-order valence-electron chi connectivity index (χ3n) is 3.91. The predicted molar refractivity (Wildman–Crippen MR) is 102 cm³/mol. The molecule has 0 saturated carbocycles. The first-order valence-electron chi connectivity index (χ1n) is 7.73. The normalized spacial score (nSPS) is 18.9. The van der Waals surface area contributed by atoms with Crippen molar-refractivity contribution in [2.45, 2.75) is 11.3 Å². The van der Waals surface area contributed by atoms with Gasteiger partial charge in [-0.3, -0.25) is 4.99 Å². The molecule has 5 heteroatoms. The van der Waals surface area contributed by atoms with Crippen molar-refractivity contribution < 1.29 is 0 Å². The maximum Gasteiger partial charge on any atom is 0.162 e. The van der Waals surface area contributed by atoms with Gasteiger partial charge in [0.25, 0.3) is 0 Å². The molecule has 4 rings (SSSR count). The molecule has 2 aromatic carbocycles. The van der Waals surface area contributed by atoms with Gasteiger partial charge in [0, 0.05) is 4.91 Å². The highest BCUT2D eigenvalue weighted by molar-refractivity contribution is 8.03. The average molecular weight is 332 g/mol. The topological polar surface area (TPSA) is 63.1 Å². The van der Waals surface area contributed by atoms with E-state index < -0.39 is 0 Å². The average Bonchev–Trinajstić information content (AvgIpc) is 3.09. The summed E-state index contributed by atoms with van der Waals surface area (Å²) in [6.45, 7) is 0. The van der Waals surface area contributed by atoms with Crippen LogP contribution in [0.3, 0.4) is 0 Å². The monoisotopic (exact) mass is 332 g/mol. The maximum atomic E-state index is 5.96. The third kappa shape index (κ3) is 2.90. The largest absolute Gasteiger partial charge is 0.384 e. The molecule has 2 aliphatic heterocycles. The van der Waals surface area contributed by atoms with Crippen molar-refractivity contribution in [1.82, 2.24) is 0 Å². The fraction of sp³-hybridized carbons (Fsp3) is 0.105. The van der Waals surface area contributed by atoms with E-state index in [1.807, 2.05) is 18.2 Å². The van der Waals surface area contributed by atoms with Gasteiger partial charge < -0.3 is 5.73 Å². The lowest BCUT2D eigenvalue weighted by atomic mass is 10.0. The lowest BCUT2D eigenvalue weighted by molar-refractivity contribution is 1.06. The number of amidine groups is 2. The number of aliphatic imine (C=N–C) groups is 3. The lowest BCUT2D eigenvalue weighted by Gasteiger charge is -2.23. The Labute approximate surface area is 144 Å². The van der Waals surface area contributed by atoms with E-state index in [2.05, 4.69) is 63.5 Å². The summed E-state index contributed by atoms with van der Waals surface area (Å²) in [4.78, 5) is 14.0. The number of dihydropyridines is 1. The van der Waals surface area contributed by atoms with Crippen LogP contribution in [-0.2, 0) is 0 Å². The number of fused-ring (bicyclic) bond motifs is 1. The molecule has 0 bridgehead atoms. The summed E-state index contributed by atoms with van der Waals surface area (Å²) in [5.41, 5.74) is 8.45. The van der Waals surface area contributed by atoms with Crippen molar-refractivity contribution in [3.63, 3.8) is 0 Å². The van der Waals surface area contributed by atoms with E-state index in [9.17, 15) is 0 Å². The Kier molecular flexibility index (Phi) is 4.01. The van der Waals surface area contributed by atoms with Crippen molar-refractivity contribution in [3.8, 4) is 0 Å². The second kappa shape index (κ2) is 6.45. The summed E-state index contributed by atoms with van der Waals surface area (Å²) in [6.07, 6.45) is 3.48. The molecule has 2 N–H and O–H groups in total. The number of thioether (sulfide) groups is 1. The van der Waals surface area contributed by atoms with Gasteiger partial charge in [-0.2, -0.15) is 0 Å². The molecule has 0 aromatic heterocycles. The molecule has 0 aliphatic carbocycles. The standard InChI is InChI=1S/C19H16N4S/c20-16-11-15(17-19(23-16)22-12-21-17)24-18(13-7-3-1-4-8-13)14-9-5-2-6-10-14/h1-12,17-18H,(H2,20,21,22,23). The molecule has 2 aromatic rings. The van der Waals surface area contributed by atoms with Crippen LogP contribution < -0.4 is 5.73 Å². The van der Waals surface area contributed by atoms with Crippen molar-refractivity contribution in [2.75, 3.05) is 0 Å². The van der Waals surface area contributed by atoms with Crippen LogP contribution >= 0.6 is 11.8 Å². The first-order valence-corrected chi connectivity index (χ1v) is 8.61. The second-order valence-electron chi connectivity index (χ2n) is 5.56. The molecule has 0 spiro atoms. The van der Waals surface area contributed by atoms with Crippen LogP contribution in [0.2, 0.25) is 0 Å². The van der Waals surface area contributed by atoms with Gasteiger partial charge in [-0.1, -0.05) is 60.7 Å². The first-order chi connectivity index (χ1) is 11.8. The zero-order chi connectivity index (χ0) is 16.4. The number of nitrogens with zero attached hydrogens (tertiary/aromatic N) is 3. The van der Waals surface area contributed by atoms with Crippen molar-refractivity contribution in [1.29, 1.82) is 0 Å². The van der Waals surface area contributed by atoms with Gasteiger partial charge in [-0.05, 0) is 17.2 Å². The molecule has 0 fully saturated rings. The molecule has 2 aliphatic rings. The van der Waals surface area contributed by atoms with E-state index in [0.29, 0.717) is 11.7 Å². The lowest BCUT2D eigenvalue weighted by Crippen LogP contribution is -2.26. The molecule has 1 unspecified atom stereocenters. The van der Waals surface area contributed by atoms with Gasteiger partial charge >= 0.3 is 0 Å². The summed E-state index contributed by atoms with van der Waals surface area (Å²) in [5.74, 6) is 1.16. The quantitative estimate of drug-likeness (QED) is 0.930. The Balaban J connectivity index is 1.72. The van der Waals surface area contributed by atoms with Crippen LogP contribution in [0.25, 0.3) is 0 Å². The van der Waals surface area contributed by atoms with Gasteiger partial charge in [-0.15, -0.1) is 11.8 Å². The molecule has 0 saturated heterocycles. The Morgan fingerprint density at radius 3 is 2.17 bits per heavy atom. The molecule has 118 valence electrons. The minimum absolute atomic E-state index is 0.128. The van der Waals surface area contributed by atoms with Gasteiger partial charge in [-0.25, -0.2) is 9.98 Å². The van der Waals surface area contributed by atoms with Gasteiger partial charge in [0.15, 0.2) is 5.84 Å². The molecule has 0 amide bonds. The van der Waals surface area contributed by atoms with Crippen molar-refractivity contribution in [3.05, 3.63) is 82.8 Å². The van der Waals surface area contributed by atoms with E-state index in [4.69, 9.17) is 5.73 Å². The van der Waals surface area contributed by atoms with E-state index in [1.165, 1.54) is 11.1 Å². The van der Waals surface area contributed by atoms with Crippen LogP contribution in [0.5, 0.6) is 0 Å². The summed E-state index contributed by atoms with van der Waals surface area (Å²) >= 11 is 1.76. The van der Waals surface area contributed by atoms with E-state index in [0.717, 1.165) is 4.91 Å². The zero-order valence-electron chi connectivity index (χ0n) is 12.9. The van der Waals surface area contributed by atoms with Crippen LogP contribution in [-0.4, -0.2) is 24.1 Å². The number of benzene rings is 2. The highest BCUT2D eigenvalue weighted by Crippen LogP contribution is 2.42. The summed E-state index contributed by atoms with van der Waals surface area (Å²) in [6, 6.07) is 20.8. The summed E-state index contributed by atoms with van der Waals surface area (Å²) in [5, 5.41) is 0.168. The van der Waals surface area contributed by atoms with E-state index in [1.54, 1.807) is 18.1 Å². The number of hydrogen-bond acceptors (Lipinski definition) is 5. The summed E-state index contributed by atoms with van der Waals surface area (Å²) < 4.78 is 0.